The maximum Gasteiger partial charge on any atom is 0.213 e. The predicted octanol–water partition coefficient (Wildman–Crippen LogP) is 1.37. The maximum absolute atomic E-state index is 12.3. The van der Waals surface area contributed by atoms with Gasteiger partial charge in [-0.05, 0) is 25.0 Å². The van der Waals surface area contributed by atoms with Crippen LogP contribution < -0.4 is 4.74 Å². The van der Waals surface area contributed by atoms with Crippen LogP contribution in [0, 0.1) is 5.95 Å². The first kappa shape index (κ1) is 9.92. The monoisotopic (exact) mass is 185 g/mol. The van der Waals surface area contributed by atoms with E-state index in [4.69, 9.17) is 9.84 Å². The molecule has 0 aliphatic carbocycles. The second-order valence-corrected chi connectivity index (χ2v) is 2.60. The second kappa shape index (κ2) is 5.48. The number of hydrogen-bond donors (Lipinski definition) is 1. The van der Waals surface area contributed by atoms with Gasteiger partial charge in [0, 0.05) is 6.61 Å². The van der Waals surface area contributed by atoms with Gasteiger partial charge in [-0.25, -0.2) is 4.98 Å². The molecule has 0 unspecified atom stereocenters. The molecule has 0 saturated heterocycles. The summed E-state index contributed by atoms with van der Waals surface area (Å²) in [6, 6.07) is 2.78. The molecular formula is C9H12FNO2. The Morgan fingerprint density at radius 2 is 2.23 bits per heavy atom. The Morgan fingerprint density at radius 1 is 1.38 bits per heavy atom. The Kier molecular flexibility index (Phi) is 4.18. The van der Waals surface area contributed by atoms with Gasteiger partial charge in [-0.2, -0.15) is 4.39 Å². The lowest BCUT2D eigenvalue weighted by Gasteiger charge is -2.03. The Morgan fingerprint density at radius 3 is 2.85 bits per heavy atom. The fraction of sp³-hybridized carbons (Fsp3) is 0.444. The minimum Gasteiger partial charge on any atom is -0.492 e. The second-order valence-electron chi connectivity index (χ2n) is 2.60. The average molecular weight is 185 g/mol. The summed E-state index contributed by atoms with van der Waals surface area (Å²) in [6.45, 7) is 0.693. The first-order chi connectivity index (χ1) is 6.33. The minimum absolute atomic E-state index is 0.172. The lowest BCUT2D eigenvalue weighted by atomic mass is 10.3. The Hall–Kier alpha value is -1.16. The number of aliphatic hydroxyl groups excluding tert-OH is 1. The highest BCUT2D eigenvalue weighted by atomic mass is 19.1. The topological polar surface area (TPSA) is 42.4 Å². The highest BCUT2D eigenvalue weighted by molar-refractivity contribution is 5.15. The van der Waals surface area contributed by atoms with E-state index in [1.165, 1.54) is 18.3 Å². The van der Waals surface area contributed by atoms with Crippen LogP contribution in [0.15, 0.2) is 18.3 Å². The summed E-state index contributed by atoms with van der Waals surface area (Å²) in [6.07, 6.45) is 2.84. The van der Waals surface area contributed by atoms with E-state index in [2.05, 4.69) is 4.98 Å². The zero-order valence-electron chi connectivity index (χ0n) is 7.24. The van der Waals surface area contributed by atoms with Crippen LogP contribution >= 0.6 is 0 Å². The zero-order chi connectivity index (χ0) is 9.52. The standard InChI is InChI=1S/C9H12FNO2/c10-9-4-3-8(7-11-9)13-6-2-1-5-12/h3-4,7,12H,1-2,5-6H2. The maximum atomic E-state index is 12.3. The molecule has 0 atom stereocenters. The van der Waals surface area contributed by atoms with Crippen molar-refractivity contribution >= 4 is 0 Å². The van der Waals surface area contributed by atoms with Gasteiger partial charge in [0.2, 0.25) is 5.95 Å². The molecule has 0 spiro atoms. The summed E-state index contributed by atoms with van der Waals surface area (Å²) in [5, 5.41) is 8.48. The third-order valence-electron chi connectivity index (χ3n) is 1.52. The van der Waals surface area contributed by atoms with E-state index in [9.17, 15) is 4.39 Å². The zero-order valence-corrected chi connectivity index (χ0v) is 7.24. The first-order valence-corrected chi connectivity index (χ1v) is 4.18. The fourth-order valence-electron chi connectivity index (χ4n) is 0.852. The van der Waals surface area contributed by atoms with Crippen molar-refractivity contribution in [1.29, 1.82) is 0 Å². The van der Waals surface area contributed by atoms with Gasteiger partial charge in [0.25, 0.3) is 0 Å². The van der Waals surface area contributed by atoms with Crippen molar-refractivity contribution < 1.29 is 14.2 Å². The Bertz CT molecular complexity index is 238. The van der Waals surface area contributed by atoms with Gasteiger partial charge in [0.05, 0.1) is 12.8 Å². The molecule has 0 amide bonds. The lowest BCUT2D eigenvalue weighted by Crippen LogP contribution is -1.99. The highest BCUT2D eigenvalue weighted by Crippen LogP contribution is 2.08. The lowest BCUT2D eigenvalue weighted by molar-refractivity contribution is 0.252. The van der Waals surface area contributed by atoms with Crippen molar-refractivity contribution in [2.45, 2.75) is 12.8 Å². The molecular weight excluding hydrogens is 173 g/mol. The van der Waals surface area contributed by atoms with E-state index in [1.807, 2.05) is 0 Å². The van der Waals surface area contributed by atoms with Crippen molar-refractivity contribution in [1.82, 2.24) is 4.98 Å². The SMILES string of the molecule is OCCCCOc1ccc(F)nc1. The summed E-state index contributed by atoms with van der Waals surface area (Å²) in [4.78, 5) is 3.44. The molecule has 0 aliphatic heterocycles. The van der Waals surface area contributed by atoms with E-state index in [0.29, 0.717) is 18.8 Å². The number of pyridine rings is 1. The Labute approximate surface area is 76.2 Å². The summed E-state index contributed by atoms with van der Waals surface area (Å²) < 4.78 is 17.6. The summed E-state index contributed by atoms with van der Waals surface area (Å²) in [5.41, 5.74) is 0. The van der Waals surface area contributed by atoms with Gasteiger partial charge in [0.15, 0.2) is 0 Å². The molecule has 1 heterocycles. The normalized spacial score (nSPS) is 10.0. The molecule has 0 bridgehead atoms. The van der Waals surface area contributed by atoms with Crippen LogP contribution in [0.1, 0.15) is 12.8 Å². The first-order valence-electron chi connectivity index (χ1n) is 4.18. The molecule has 0 fully saturated rings. The number of rotatable bonds is 5. The fourth-order valence-corrected chi connectivity index (χ4v) is 0.852. The number of ether oxygens (including phenoxy) is 1. The molecule has 1 aromatic heterocycles. The van der Waals surface area contributed by atoms with Crippen molar-refractivity contribution in [3.05, 3.63) is 24.3 Å². The van der Waals surface area contributed by atoms with E-state index in [1.54, 1.807) is 0 Å². The van der Waals surface area contributed by atoms with E-state index in [0.717, 1.165) is 6.42 Å². The van der Waals surface area contributed by atoms with Gasteiger partial charge in [-0.3, -0.25) is 0 Å². The summed E-state index contributed by atoms with van der Waals surface area (Å²) in [5.74, 6) is 0.0436. The molecule has 3 nitrogen and oxygen atoms in total. The van der Waals surface area contributed by atoms with Gasteiger partial charge >= 0.3 is 0 Å². The number of aliphatic hydroxyl groups is 1. The predicted molar refractivity (Wildman–Crippen MR) is 46.0 cm³/mol. The van der Waals surface area contributed by atoms with Crippen LogP contribution in [0.5, 0.6) is 5.75 Å². The van der Waals surface area contributed by atoms with Crippen molar-refractivity contribution in [3.63, 3.8) is 0 Å². The van der Waals surface area contributed by atoms with E-state index in [-0.39, 0.29) is 6.61 Å². The van der Waals surface area contributed by atoms with Gasteiger partial charge in [0.1, 0.15) is 5.75 Å². The number of halogens is 1. The third-order valence-corrected chi connectivity index (χ3v) is 1.52. The van der Waals surface area contributed by atoms with Gasteiger partial charge in [-0.1, -0.05) is 0 Å². The number of hydrogen-bond acceptors (Lipinski definition) is 3. The van der Waals surface area contributed by atoms with Crippen molar-refractivity contribution in [2.24, 2.45) is 0 Å². The molecule has 0 aromatic carbocycles. The molecule has 4 heteroatoms. The van der Waals surface area contributed by atoms with Gasteiger partial charge in [-0.15, -0.1) is 0 Å². The van der Waals surface area contributed by atoms with Gasteiger partial charge < -0.3 is 9.84 Å². The van der Waals surface area contributed by atoms with Crippen molar-refractivity contribution in [3.8, 4) is 5.75 Å². The van der Waals surface area contributed by atoms with Crippen LogP contribution in [0.4, 0.5) is 4.39 Å². The average Bonchev–Trinajstić information content (AvgIpc) is 2.15. The largest absolute Gasteiger partial charge is 0.492 e. The quantitative estimate of drug-likeness (QED) is 0.556. The molecule has 13 heavy (non-hydrogen) atoms. The van der Waals surface area contributed by atoms with E-state index < -0.39 is 5.95 Å². The number of aromatic nitrogens is 1. The minimum atomic E-state index is -0.511. The molecule has 72 valence electrons. The highest BCUT2D eigenvalue weighted by Gasteiger charge is 1.94. The molecule has 0 radical (unpaired) electrons. The Balaban J connectivity index is 2.25. The summed E-state index contributed by atoms with van der Waals surface area (Å²) >= 11 is 0. The van der Waals surface area contributed by atoms with Crippen LogP contribution in [0.25, 0.3) is 0 Å². The molecule has 0 saturated carbocycles. The molecule has 0 aliphatic rings. The third kappa shape index (κ3) is 3.85. The van der Waals surface area contributed by atoms with Crippen LogP contribution in [0.2, 0.25) is 0 Å². The molecule has 1 aromatic rings. The van der Waals surface area contributed by atoms with Crippen molar-refractivity contribution in [2.75, 3.05) is 13.2 Å². The van der Waals surface area contributed by atoms with E-state index >= 15 is 0 Å². The smallest absolute Gasteiger partial charge is 0.213 e. The molecule has 1 rings (SSSR count). The van der Waals surface area contributed by atoms with Crippen LogP contribution in [-0.2, 0) is 0 Å². The number of unbranched alkanes of at least 4 members (excludes halogenated alkanes) is 1. The number of nitrogens with zero attached hydrogens (tertiary/aromatic N) is 1. The summed E-state index contributed by atoms with van der Waals surface area (Å²) in [7, 11) is 0. The van der Waals surface area contributed by atoms with Crippen LogP contribution in [0.3, 0.4) is 0 Å². The molecule has 1 N–H and O–H groups in total. The van der Waals surface area contributed by atoms with Crippen LogP contribution in [-0.4, -0.2) is 23.3 Å².